The Bertz CT molecular complexity index is 1190. The van der Waals surface area contributed by atoms with Crippen molar-refractivity contribution in [2.24, 2.45) is 11.8 Å². The number of carbonyl (C=O) groups excluding carboxylic acids is 1. The van der Waals surface area contributed by atoms with E-state index in [4.69, 9.17) is 10.1 Å². The molecule has 4 rings (SSSR count). The number of benzene rings is 1. The Labute approximate surface area is 210 Å². The summed E-state index contributed by atoms with van der Waals surface area (Å²) in [6, 6.07) is 13.0. The van der Waals surface area contributed by atoms with Gasteiger partial charge in [-0.1, -0.05) is 18.2 Å². The molecular formula is C27H33N5O4. The van der Waals surface area contributed by atoms with Crippen molar-refractivity contribution in [2.45, 2.75) is 38.6 Å². The van der Waals surface area contributed by atoms with E-state index >= 15 is 0 Å². The van der Waals surface area contributed by atoms with Crippen LogP contribution in [0.25, 0.3) is 22.2 Å². The highest BCUT2D eigenvalue weighted by atomic mass is 16.4. The van der Waals surface area contributed by atoms with Gasteiger partial charge in [0.1, 0.15) is 5.82 Å². The summed E-state index contributed by atoms with van der Waals surface area (Å²) in [5.74, 6) is 1.27. The first-order valence-corrected chi connectivity index (χ1v) is 12.4. The smallest absolute Gasteiger partial charge is 0.404 e. The van der Waals surface area contributed by atoms with E-state index in [-0.39, 0.29) is 18.6 Å². The van der Waals surface area contributed by atoms with Gasteiger partial charge in [0, 0.05) is 36.3 Å². The minimum atomic E-state index is -0.979. The summed E-state index contributed by atoms with van der Waals surface area (Å²) >= 11 is 0. The van der Waals surface area contributed by atoms with E-state index in [2.05, 4.69) is 20.9 Å². The first-order chi connectivity index (χ1) is 17.4. The number of hydrogen-bond donors (Lipinski definition) is 5. The van der Waals surface area contributed by atoms with Gasteiger partial charge in [0.05, 0.1) is 23.4 Å². The maximum Gasteiger partial charge on any atom is 0.404 e. The van der Waals surface area contributed by atoms with Crippen LogP contribution >= 0.6 is 0 Å². The quantitative estimate of drug-likeness (QED) is 0.306. The molecule has 1 saturated carbocycles. The minimum Gasteiger partial charge on any atom is -0.465 e. The Morgan fingerprint density at radius 2 is 1.72 bits per heavy atom. The zero-order valence-corrected chi connectivity index (χ0v) is 20.4. The number of rotatable bonds is 9. The number of carbonyl (C=O) groups is 2. The average Bonchev–Trinajstić information content (AvgIpc) is 2.90. The van der Waals surface area contributed by atoms with Crippen molar-refractivity contribution in [1.82, 2.24) is 20.6 Å². The molecule has 2 aromatic heterocycles. The van der Waals surface area contributed by atoms with Crippen LogP contribution in [0.4, 0.5) is 10.6 Å². The third-order valence-corrected chi connectivity index (χ3v) is 6.75. The molecule has 36 heavy (non-hydrogen) atoms. The highest BCUT2D eigenvalue weighted by Crippen LogP contribution is 2.29. The Morgan fingerprint density at radius 3 is 2.36 bits per heavy atom. The normalized spacial score (nSPS) is 18.4. The second-order valence-electron chi connectivity index (χ2n) is 9.52. The van der Waals surface area contributed by atoms with Gasteiger partial charge in [-0.15, -0.1) is 0 Å². The van der Waals surface area contributed by atoms with Crippen LogP contribution in [-0.4, -0.2) is 57.9 Å². The average molecular weight is 492 g/mol. The number of nitrogens with zero attached hydrogens (tertiary/aromatic N) is 2. The van der Waals surface area contributed by atoms with Crippen molar-refractivity contribution >= 4 is 28.7 Å². The number of amides is 2. The van der Waals surface area contributed by atoms with Gasteiger partial charge in [0.25, 0.3) is 5.91 Å². The number of nitrogens with one attached hydrogen (secondary N) is 3. The summed E-state index contributed by atoms with van der Waals surface area (Å²) < 4.78 is 0. The van der Waals surface area contributed by atoms with Gasteiger partial charge < -0.3 is 26.2 Å². The van der Waals surface area contributed by atoms with Crippen molar-refractivity contribution in [2.75, 3.05) is 25.0 Å². The van der Waals surface area contributed by atoms with Crippen LogP contribution in [-0.2, 0) is 0 Å². The summed E-state index contributed by atoms with van der Waals surface area (Å²) in [6.07, 6.45) is 4.58. The third-order valence-electron chi connectivity index (χ3n) is 6.75. The highest BCUT2D eigenvalue weighted by Gasteiger charge is 2.23. The Hall–Kier alpha value is -3.72. The molecule has 0 unspecified atom stereocenters. The van der Waals surface area contributed by atoms with Crippen LogP contribution in [0.3, 0.4) is 0 Å². The van der Waals surface area contributed by atoms with Gasteiger partial charge >= 0.3 is 6.09 Å². The summed E-state index contributed by atoms with van der Waals surface area (Å²) in [7, 11) is 0. The molecule has 1 aliphatic carbocycles. The number of anilines is 1. The van der Waals surface area contributed by atoms with E-state index in [9.17, 15) is 14.7 Å². The number of para-hydroxylation sites is 1. The second kappa shape index (κ2) is 11.8. The molecule has 0 bridgehead atoms. The maximum absolute atomic E-state index is 13.3. The number of aliphatic hydroxyl groups is 1. The van der Waals surface area contributed by atoms with Crippen LogP contribution < -0.4 is 16.0 Å². The predicted molar refractivity (Wildman–Crippen MR) is 139 cm³/mol. The molecule has 0 aliphatic heterocycles. The number of hydrogen-bond acceptors (Lipinski definition) is 6. The van der Waals surface area contributed by atoms with E-state index in [1.54, 1.807) is 6.20 Å². The van der Waals surface area contributed by atoms with Crippen LogP contribution in [0, 0.1) is 11.8 Å². The highest BCUT2D eigenvalue weighted by molar-refractivity contribution is 6.07. The molecule has 1 aromatic carbocycles. The number of aromatic nitrogens is 2. The summed E-state index contributed by atoms with van der Waals surface area (Å²) in [4.78, 5) is 33.2. The Kier molecular flexibility index (Phi) is 8.32. The predicted octanol–water partition coefficient (Wildman–Crippen LogP) is 3.89. The van der Waals surface area contributed by atoms with Gasteiger partial charge in [-0.05, 0) is 68.7 Å². The Morgan fingerprint density at radius 1 is 1.03 bits per heavy atom. The molecule has 5 N–H and O–H groups in total. The fourth-order valence-electron chi connectivity index (χ4n) is 4.64. The lowest BCUT2D eigenvalue weighted by molar-refractivity contribution is 0.0942. The SMILES string of the molecule is C[C@H](CO)Nc1ccc(-c2cc(C(=O)NCC3CCC(CNC(=O)O)CC3)c3ccccc3n2)cn1. The number of fused-ring (bicyclic) bond motifs is 1. The van der Waals surface area contributed by atoms with E-state index < -0.39 is 6.09 Å². The van der Waals surface area contributed by atoms with E-state index in [1.807, 2.05) is 49.4 Å². The van der Waals surface area contributed by atoms with Gasteiger partial charge in [0.2, 0.25) is 0 Å². The number of aliphatic hydroxyl groups excluding tert-OH is 1. The van der Waals surface area contributed by atoms with Crippen molar-refractivity contribution in [3.05, 3.63) is 54.2 Å². The lowest BCUT2D eigenvalue weighted by Gasteiger charge is -2.28. The molecule has 0 radical (unpaired) electrons. The van der Waals surface area contributed by atoms with Crippen LogP contribution in [0.1, 0.15) is 43.0 Å². The first-order valence-electron chi connectivity index (χ1n) is 12.4. The zero-order valence-electron chi connectivity index (χ0n) is 20.4. The van der Waals surface area contributed by atoms with Crippen molar-refractivity contribution in [3.63, 3.8) is 0 Å². The molecule has 9 heteroatoms. The van der Waals surface area contributed by atoms with Gasteiger partial charge in [-0.3, -0.25) is 4.79 Å². The topological polar surface area (TPSA) is 136 Å². The number of pyridine rings is 2. The lowest BCUT2D eigenvalue weighted by atomic mass is 9.82. The first kappa shape index (κ1) is 25.4. The molecule has 0 spiro atoms. The molecule has 9 nitrogen and oxygen atoms in total. The van der Waals surface area contributed by atoms with Crippen molar-refractivity contribution < 1.29 is 19.8 Å². The molecular weight excluding hydrogens is 458 g/mol. The zero-order chi connectivity index (χ0) is 25.5. The third kappa shape index (κ3) is 6.48. The van der Waals surface area contributed by atoms with Crippen LogP contribution in [0.15, 0.2) is 48.7 Å². The standard InChI is InChI=1S/C27H33N5O4/c1-17(16-33)31-25-11-10-20(15-28-25)24-12-22(21-4-2-3-5-23(21)32-24)26(34)29-13-18-6-8-19(9-7-18)14-30-27(35)36/h2-5,10-12,15,17-19,30,33H,6-9,13-14,16H2,1H3,(H,28,31)(H,29,34)(H,35,36)/t17-,18?,19?/m1/s1. The fraction of sp³-hybridized carbons (Fsp3) is 0.407. The lowest BCUT2D eigenvalue weighted by Crippen LogP contribution is -2.34. The molecule has 3 aromatic rings. The summed E-state index contributed by atoms with van der Waals surface area (Å²) in [6.45, 7) is 2.96. The number of carboxylic acid groups (broad SMARTS) is 1. The van der Waals surface area contributed by atoms with Gasteiger partial charge in [-0.25, -0.2) is 14.8 Å². The molecule has 1 fully saturated rings. The minimum absolute atomic E-state index is 0.0114. The van der Waals surface area contributed by atoms with Gasteiger partial charge in [-0.2, -0.15) is 0 Å². The van der Waals surface area contributed by atoms with Gasteiger partial charge in [0.15, 0.2) is 0 Å². The molecule has 1 aliphatic rings. The maximum atomic E-state index is 13.3. The second-order valence-corrected chi connectivity index (χ2v) is 9.52. The monoisotopic (exact) mass is 491 g/mol. The molecule has 2 heterocycles. The summed E-state index contributed by atoms with van der Waals surface area (Å²) in [5.41, 5.74) is 2.78. The largest absolute Gasteiger partial charge is 0.465 e. The Balaban J connectivity index is 1.45. The van der Waals surface area contributed by atoms with E-state index in [0.29, 0.717) is 42.0 Å². The molecule has 2 amide bonds. The van der Waals surface area contributed by atoms with E-state index in [0.717, 1.165) is 42.1 Å². The summed E-state index contributed by atoms with van der Waals surface area (Å²) in [5, 5.41) is 27.5. The van der Waals surface area contributed by atoms with E-state index in [1.165, 1.54) is 0 Å². The molecule has 190 valence electrons. The molecule has 0 saturated heterocycles. The molecule has 1 atom stereocenters. The fourth-order valence-corrected chi connectivity index (χ4v) is 4.64. The van der Waals surface area contributed by atoms with Crippen LogP contribution in [0.5, 0.6) is 0 Å². The van der Waals surface area contributed by atoms with Crippen LogP contribution in [0.2, 0.25) is 0 Å². The van der Waals surface area contributed by atoms with Crippen molar-refractivity contribution in [1.29, 1.82) is 0 Å². The van der Waals surface area contributed by atoms with Crippen molar-refractivity contribution in [3.8, 4) is 11.3 Å².